The fraction of sp³-hybridized carbons (Fsp3) is 0.733. The third-order valence-electron chi connectivity index (χ3n) is 12.1. The van der Waals surface area contributed by atoms with Crippen molar-refractivity contribution in [2.45, 2.75) is 245 Å². The van der Waals surface area contributed by atoms with E-state index in [1.54, 1.807) is 0 Å². The second-order valence-electron chi connectivity index (χ2n) is 20.1. The summed E-state index contributed by atoms with van der Waals surface area (Å²) in [6, 6.07) is -0.874. The van der Waals surface area contributed by atoms with Crippen molar-refractivity contribution in [1.29, 1.82) is 0 Å². The fourth-order valence-corrected chi connectivity index (χ4v) is 8.40. The second kappa shape index (κ2) is 49.8. The lowest BCUT2D eigenvalue weighted by atomic mass is 10.1. The highest BCUT2D eigenvalue weighted by atomic mass is 31.2. The van der Waals surface area contributed by atoms with Crippen molar-refractivity contribution >= 4 is 19.7 Å². The Balaban J connectivity index is 5.43. The molecular formula is C60H108N2O7P+. The summed E-state index contributed by atoms with van der Waals surface area (Å²) in [7, 11) is 1.45. The molecule has 0 bridgehead atoms. The highest BCUT2D eigenvalue weighted by Crippen LogP contribution is 2.43. The summed E-state index contributed by atoms with van der Waals surface area (Å²) in [6.07, 6.45) is 64.4. The maximum absolute atomic E-state index is 13.5. The van der Waals surface area contributed by atoms with Gasteiger partial charge in [-0.25, -0.2) is 4.57 Å². The number of hydrogen-bond acceptors (Lipinski definition) is 6. The van der Waals surface area contributed by atoms with Crippen molar-refractivity contribution in [3.8, 4) is 0 Å². The van der Waals surface area contributed by atoms with Crippen molar-refractivity contribution in [3.63, 3.8) is 0 Å². The van der Waals surface area contributed by atoms with Gasteiger partial charge in [-0.05, 0) is 102 Å². The first-order valence-electron chi connectivity index (χ1n) is 28.4. The SMILES string of the molecule is CC/C=C\C/C=C\C/C=C\C/C=C\C/C=C\CCCCCC(=O)NC(COP(=O)(O)OCC[N+](C)(C)C)C(/C=C\CCCCCCCCCCCC)OC(=O)CCCCC/C=C\CCCCCCCC. The molecule has 0 aliphatic rings. The molecule has 70 heavy (non-hydrogen) atoms. The number of allylic oxidation sites excluding steroid dienone is 13. The van der Waals surface area contributed by atoms with Crippen LogP contribution in [0.5, 0.6) is 0 Å². The maximum atomic E-state index is 13.5. The minimum Gasteiger partial charge on any atom is -0.456 e. The largest absolute Gasteiger partial charge is 0.472 e. The van der Waals surface area contributed by atoms with Crippen molar-refractivity contribution in [2.75, 3.05) is 40.9 Å². The number of rotatable bonds is 50. The molecule has 0 radical (unpaired) electrons. The Hall–Kier alpha value is -2.81. The summed E-state index contributed by atoms with van der Waals surface area (Å²) in [6.45, 7) is 6.84. The van der Waals surface area contributed by atoms with Crippen molar-refractivity contribution in [2.24, 2.45) is 0 Å². The van der Waals surface area contributed by atoms with Crippen molar-refractivity contribution < 1.29 is 37.3 Å². The first-order chi connectivity index (χ1) is 33.9. The number of quaternary nitrogens is 1. The lowest BCUT2D eigenvalue weighted by Gasteiger charge is -2.27. The van der Waals surface area contributed by atoms with Crippen LogP contribution in [-0.4, -0.2) is 74.3 Å². The smallest absolute Gasteiger partial charge is 0.456 e. The first kappa shape index (κ1) is 67.2. The van der Waals surface area contributed by atoms with Crippen LogP contribution in [0.4, 0.5) is 0 Å². The van der Waals surface area contributed by atoms with Crippen LogP contribution >= 0.6 is 7.82 Å². The van der Waals surface area contributed by atoms with Crippen LogP contribution in [0.3, 0.4) is 0 Å². The van der Waals surface area contributed by atoms with Gasteiger partial charge in [0.1, 0.15) is 19.3 Å². The van der Waals surface area contributed by atoms with Crippen LogP contribution < -0.4 is 5.32 Å². The quantitative estimate of drug-likeness (QED) is 0.0205. The molecule has 404 valence electrons. The number of likely N-dealkylation sites (N-methyl/N-ethyl adjacent to an activating group) is 1. The minimum absolute atomic E-state index is 0.0278. The van der Waals surface area contributed by atoms with Crippen molar-refractivity contribution in [1.82, 2.24) is 5.32 Å². The number of unbranched alkanes of at least 4 members (excludes halogenated alkanes) is 22. The highest BCUT2D eigenvalue weighted by molar-refractivity contribution is 7.47. The number of hydrogen-bond donors (Lipinski definition) is 2. The van der Waals surface area contributed by atoms with Gasteiger partial charge in [0.2, 0.25) is 5.91 Å². The topological polar surface area (TPSA) is 111 Å². The van der Waals surface area contributed by atoms with Crippen LogP contribution in [0.25, 0.3) is 0 Å². The molecular weight excluding hydrogens is 892 g/mol. The van der Waals surface area contributed by atoms with Crippen molar-refractivity contribution in [3.05, 3.63) is 85.1 Å². The summed E-state index contributed by atoms with van der Waals surface area (Å²) in [5, 5.41) is 3.02. The van der Waals surface area contributed by atoms with Gasteiger partial charge in [-0.2, -0.15) is 0 Å². The van der Waals surface area contributed by atoms with E-state index in [0.717, 1.165) is 96.3 Å². The van der Waals surface area contributed by atoms with E-state index in [1.807, 2.05) is 33.3 Å². The van der Waals surface area contributed by atoms with E-state index in [4.69, 9.17) is 13.8 Å². The van der Waals surface area contributed by atoms with E-state index in [0.29, 0.717) is 23.9 Å². The summed E-state index contributed by atoms with van der Waals surface area (Å²) >= 11 is 0. The molecule has 0 saturated heterocycles. The number of esters is 1. The molecule has 0 saturated carbocycles. The van der Waals surface area contributed by atoms with Gasteiger partial charge in [-0.3, -0.25) is 18.6 Å². The number of nitrogens with zero attached hydrogens (tertiary/aromatic N) is 1. The number of carbonyl (C=O) groups is 2. The normalized spacial score (nSPS) is 14.4. The van der Waals surface area contributed by atoms with Gasteiger partial charge >= 0.3 is 13.8 Å². The van der Waals surface area contributed by atoms with Crippen LogP contribution in [0.15, 0.2) is 85.1 Å². The Morgan fingerprint density at radius 3 is 1.39 bits per heavy atom. The summed E-state index contributed by atoms with van der Waals surface area (Å²) in [5.41, 5.74) is 0. The number of phosphoric acid groups is 1. The lowest BCUT2D eigenvalue weighted by Crippen LogP contribution is -2.47. The van der Waals surface area contributed by atoms with E-state index in [9.17, 15) is 19.0 Å². The van der Waals surface area contributed by atoms with E-state index >= 15 is 0 Å². The maximum Gasteiger partial charge on any atom is 0.472 e. The molecule has 1 amide bonds. The standard InChI is InChI=1S/C60H107N2O7P/c1-7-10-13-16-19-22-25-28-29-30-31-32-33-35-37-40-43-46-49-52-59(63)61-57(56-68-70(65,66)67-55-54-62(4,5)6)58(51-48-45-42-39-36-27-24-21-18-15-12-9-3)69-60(64)53-50-47-44-41-38-34-26-23-20-17-14-11-8-2/h10,13,19,22,28-29,31-32,34-35,37-38,48,51,57-58H,7-9,11-12,14-18,20-21,23-27,30,33,36,39-47,49-50,52-56H2,1-6H3,(H-,61,63,65,66)/p+1/b13-10-,22-19-,29-28-,32-31-,37-35-,38-34-,51-48-. The molecule has 3 atom stereocenters. The number of nitrogens with one attached hydrogen (secondary N) is 1. The number of carbonyl (C=O) groups excluding carboxylic acids is 2. The molecule has 0 aliphatic carbocycles. The number of phosphoric ester groups is 1. The van der Waals surface area contributed by atoms with Crippen LogP contribution in [-0.2, 0) is 27.9 Å². The molecule has 0 aliphatic heterocycles. The predicted octanol–water partition coefficient (Wildman–Crippen LogP) is 17.0. The molecule has 0 spiro atoms. The Morgan fingerprint density at radius 2 is 0.914 bits per heavy atom. The van der Waals surface area contributed by atoms with E-state index in [1.165, 1.54) is 89.9 Å². The van der Waals surface area contributed by atoms with Crippen LogP contribution in [0, 0.1) is 0 Å². The zero-order chi connectivity index (χ0) is 51.5. The summed E-state index contributed by atoms with van der Waals surface area (Å²) in [4.78, 5) is 37.5. The minimum atomic E-state index is -4.46. The zero-order valence-electron chi connectivity index (χ0n) is 46.0. The van der Waals surface area contributed by atoms with Gasteiger partial charge < -0.3 is 19.4 Å². The molecule has 0 fully saturated rings. The Kier molecular flexibility index (Phi) is 47.8. The molecule has 0 heterocycles. The molecule has 0 rings (SSSR count). The fourth-order valence-electron chi connectivity index (χ4n) is 7.67. The van der Waals surface area contributed by atoms with E-state index < -0.39 is 20.0 Å². The molecule has 3 unspecified atom stereocenters. The van der Waals surface area contributed by atoms with Crippen LogP contribution in [0.1, 0.15) is 233 Å². The monoisotopic (exact) mass is 1000 g/mol. The van der Waals surface area contributed by atoms with Crippen LogP contribution in [0.2, 0.25) is 0 Å². The van der Waals surface area contributed by atoms with E-state index in [-0.39, 0.29) is 37.9 Å². The average molecular weight is 1000 g/mol. The molecule has 0 aromatic carbocycles. The second-order valence-corrected chi connectivity index (χ2v) is 21.5. The number of ether oxygens (including phenoxy) is 1. The molecule has 0 aromatic heterocycles. The Bertz CT molecular complexity index is 1480. The third kappa shape index (κ3) is 50.1. The predicted molar refractivity (Wildman–Crippen MR) is 300 cm³/mol. The zero-order valence-corrected chi connectivity index (χ0v) is 46.9. The van der Waals surface area contributed by atoms with E-state index in [2.05, 4.69) is 99.0 Å². The highest BCUT2D eigenvalue weighted by Gasteiger charge is 2.30. The Labute approximate surface area is 431 Å². The van der Waals surface area contributed by atoms with Gasteiger partial charge in [-0.1, -0.05) is 202 Å². The molecule has 9 nitrogen and oxygen atoms in total. The van der Waals surface area contributed by atoms with Gasteiger partial charge in [0, 0.05) is 12.8 Å². The van der Waals surface area contributed by atoms with Gasteiger partial charge in [0.15, 0.2) is 0 Å². The Morgan fingerprint density at radius 1 is 0.514 bits per heavy atom. The van der Waals surface area contributed by atoms with Gasteiger partial charge in [-0.15, -0.1) is 0 Å². The first-order valence-corrected chi connectivity index (χ1v) is 29.9. The van der Waals surface area contributed by atoms with Gasteiger partial charge in [0.25, 0.3) is 0 Å². The average Bonchev–Trinajstić information content (AvgIpc) is 3.32. The molecule has 2 N–H and O–H groups in total. The lowest BCUT2D eigenvalue weighted by molar-refractivity contribution is -0.870. The van der Waals surface area contributed by atoms with Gasteiger partial charge in [0.05, 0.1) is 33.8 Å². The molecule has 10 heteroatoms. The molecule has 0 aromatic rings. The number of amides is 1. The summed E-state index contributed by atoms with van der Waals surface area (Å²) in [5.74, 6) is -0.566. The summed E-state index contributed by atoms with van der Waals surface area (Å²) < 4.78 is 30.5. The third-order valence-corrected chi connectivity index (χ3v) is 13.1.